The number of nitrogens with two attached hydrogens (primary N) is 1. The van der Waals surface area contributed by atoms with Crippen molar-refractivity contribution in [3.8, 4) is 0 Å². The molecule has 1 saturated carbocycles. The molecule has 1 aromatic rings. The number of amides is 1. The van der Waals surface area contributed by atoms with E-state index >= 15 is 0 Å². The van der Waals surface area contributed by atoms with Crippen molar-refractivity contribution in [3.05, 3.63) is 17.5 Å². The summed E-state index contributed by atoms with van der Waals surface area (Å²) in [5, 5.41) is 3.81. The molecule has 2 rings (SSSR count). The molecule has 18 heavy (non-hydrogen) atoms. The van der Waals surface area contributed by atoms with E-state index in [4.69, 9.17) is 10.3 Å². The highest BCUT2D eigenvalue weighted by Gasteiger charge is 2.34. The first-order chi connectivity index (χ1) is 8.67. The van der Waals surface area contributed by atoms with Gasteiger partial charge in [0.25, 0.3) is 5.91 Å². The lowest BCUT2D eigenvalue weighted by Gasteiger charge is -2.31. The number of rotatable bonds is 4. The van der Waals surface area contributed by atoms with Crippen LogP contribution >= 0.6 is 0 Å². The Bertz CT molecular complexity index is 416. The predicted molar refractivity (Wildman–Crippen MR) is 68.1 cm³/mol. The zero-order chi connectivity index (χ0) is 13.1. The first-order valence-electron chi connectivity index (χ1n) is 6.61. The largest absolute Gasteiger partial charge is 0.361 e. The van der Waals surface area contributed by atoms with Gasteiger partial charge in [-0.15, -0.1) is 0 Å². The monoisotopic (exact) mass is 251 g/mol. The topological polar surface area (TPSA) is 72.4 Å². The highest BCUT2D eigenvalue weighted by atomic mass is 16.5. The van der Waals surface area contributed by atoms with E-state index in [1.165, 1.54) is 0 Å². The Balaban J connectivity index is 2.15. The Morgan fingerprint density at radius 2 is 2.39 bits per heavy atom. The maximum atomic E-state index is 12.4. The smallest absolute Gasteiger partial charge is 0.276 e. The van der Waals surface area contributed by atoms with Crippen LogP contribution in [-0.2, 0) is 0 Å². The van der Waals surface area contributed by atoms with Crippen LogP contribution in [0.15, 0.2) is 10.6 Å². The van der Waals surface area contributed by atoms with Gasteiger partial charge in [-0.3, -0.25) is 4.79 Å². The minimum atomic E-state index is -0.0419. The molecule has 0 spiro atoms. The molecule has 2 atom stereocenters. The molecule has 1 fully saturated rings. The van der Waals surface area contributed by atoms with E-state index in [0.717, 1.165) is 19.3 Å². The fourth-order valence-corrected chi connectivity index (χ4v) is 2.85. The van der Waals surface area contributed by atoms with Crippen LogP contribution in [0.2, 0.25) is 0 Å². The van der Waals surface area contributed by atoms with E-state index in [-0.39, 0.29) is 11.9 Å². The van der Waals surface area contributed by atoms with Crippen molar-refractivity contribution in [1.82, 2.24) is 10.1 Å². The van der Waals surface area contributed by atoms with E-state index in [1.54, 1.807) is 13.0 Å². The van der Waals surface area contributed by atoms with E-state index in [9.17, 15) is 4.79 Å². The fourth-order valence-electron chi connectivity index (χ4n) is 2.85. The third kappa shape index (κ3) is 2.41. The van der Waals surface area contributed by atoms with E-state index in [1.807, 2.05) is 11.8 Å². The molecule has 0 bridgehead atoms. The van der Waals surface area contributed by atoms with Crippen molar-refractivity contribution < 1.29 is 9.32 Å². The van der Waals surface area contributed by atoms with Crippen LogP contribution in [0.25, 0.3) is 0 Å². The zero-order valence-corrected chi connectivity index (χ0v) is 11.1. The standard InChI is InChI=1S/C13H21N3O2/c1-3-16(12-6-4-5-10(12)8-14)13(17)11-7-9(2)18-15-11/h7,10,12H,3-6,8,14H2,1-2H3. The van der Waals surface area contributed by atoms with E-state index in [0.29, 0.717) is 30.5 Å². The molecule has 0 saturated heterocycles. The first kappa shape index (κ1) is 13.1. The van der Waals surface area contributed by atoms with Gasteiger partial charge in [0, 0.05) is 18.7 Å². The average Bonchev–Trinajstić information content (AvgIpc) is 2.98. The van der Waals surface area contributed by atoms with Crippen molar-refractivity contribution in [1.29, 1.82) is 0 Å². The summed E-state index contributed by atoms with van der Waals surface area (Å²) in [4.78, 5) is 14.3. The summed E-state index contributed by atoms with van der Waals surface area (Å²) in [6.45, 7) is 5.12. The molecule has 5 heteroatoms. The summed E-state index contributed by atoms with van der Waals surface area (Å²) in [7, 11) is 0. The molecular formula is C13H21N3O2. The number of nitrogens with zero attached hydrogens (tertiary/aromatic N) is 2. The van der Waals surface area contributed by atoms with Crippen LogP contribution in [0.5, 0.6) is 0 Å². The number of aromatic nitrogens is 1. The van der Waals surface area contributed by atoms with Gasteiger partial charge >= 0.3 is 0 Å². The molecule has 1 aliphatic rings. The lowest BCUT2D eigenvalue weighted by Crippen LogP contribution is -2.44. The predicted octanol–water partition coefficient (Wildman–Crippen LogP) is 1.57. The minimum absolute atomic E-state index is 0.0419. The summed E-state index contributed by atoms with van der Waals surface area (Å²) < 4.78 is 4.97. The molecule has 1 amide bonds. The molecule has 1 heterocycles. The quantitative estimate of drug-likeness (QED) is 0.881. The Kier molecular flexibility index (Phi) is 4.01. The Morgan fingerprint density at radius 1 is 1.61 bits per heavy atom. The summed E-state index contributed by atoms with van der Waals surface area (Å²) in [5.74, 6) is 1.04. The molecule has 0 aromatic carbocycles. The zero-order valence-electron chi connectivity index (χ0n) is 11.1. The molecule has 0 aliphatic heterocycles. The summed E-state index contributed by atoms with van der Waals surface area (Å²) in [5.41, 5.74) is 6.19. The minimum Gasteiger partial charge on any atom is -0.361 e. The number of aryl methyl sites for hydroxylation is 1. The molecule has 2 N–H and O–H groups in total. The molecule has 2 unspecified atom stereocenters. The molecule has 5 nitrogen and oxygen atoms in total. The Labute approximate surface area is 107 Å². The second kappa shape index (κ2) is 5.52. The number of carbonyl (C=O) groups excluding carboxylic acids is 1. The Morgan fingerprint density at radius 3 is 2.94 bits per heavy atom. The number of hydrogen-bond acceptors (Lipinski definition) is 4. The van der Waals surface area contributed by atoms with E-state index < -0.39 is 0 Å². The van der Waals surface area contributed by atoms with Crippen LogP contribution in [0.3, 0.4) is 0 Å². The van der Waals surface area contributed by atoms with Gasteiger partial charge in [0.2, 0.25) is 0 Å². The van der Waals surface area contributed by atoms with Crippen molar-refractivity contribution in [2.24, 2.45) is 11.7 Å². The van der Waals surface area contributed by atoms with Crippen LogP contribution in [0.1, 0.15) is 42.4 Å². The van der Waals surface area contributed by atoms with E-state index in [2.05, 4.69) is 5.16 Å². The van der Waals surface area contributed by atoms with Crippen LogP contribution < -0.4 is 5.73 Å². The summed E-state index contributed by atoms with van der Waals surface area (Å²) >= 11 is 0. The highest BCUT2D eigenvalue weighted by molar-refractivity contribution is 5.92. The van der Waals surface area contributed by atoms with Gasteiger partial charge in [-0.05, 0) is 39.2 Å². The van der Waals surface area contributed by atoms with Crippen molar-refractivity contribution in [3.63, 3.8) is 0 Å². The SMILES string of the molecule is CCN(C(=O)c1cc(C)on1)C1CCCC1CN. The van der Waals surface area contributed by atoms with Gasteiger partial charge in [-0.1, -0.05) is 11.6 Å². The third-order valence-electron chi connectivity index (χ3n) is 3.77. The first-order valence-corrected chi connectivity index (χ1v) is 6.61. The fraction of sp³-hybridized carbons (Fsp3) is 0.692. The van der Waals surface area contributed by atoms with Crippen molar-refractivity contribution in [2.75, 3.05) is 13.1 Å². The molecule has 100 valence electrons. The van der Waals surface area contributed by atoms with Crippen LogP contribution in [0.4, 0.5) is 0 Å². The van der Waals surface area contributed by atoms with Gasteiger partial charge in [-0.2, -0.15) is 0 Å². The van der Waals surface area contributed by atoms with Gasteiger partial charge in [0.1, 0.15) is 5.76 Å². The lowest BCUT2D eigenvalue weighted by molar-refractivity contribution is 0.0641. The second-order valence-electron chi connectivity index (χ2n) is 4.91. The number of carbonyl (C=O) groups is 1. The van der Waals surface area contributed by atoms with Gasteiger partial charge in [0.05, 0.1) is 0 Å². The number of hydrogen-bond donors (Lipinski definition) is 1. The van der Waals surface area contributed by atoms with Crippen molar-refractivity contribution >= 4 is 5.91 Å². The Hall–Kier alpha value is -1.36. The van der Waals surface area contributed by atoms with Crippen molar-refractivity contribution in [2.45, 2.75) is 39.2 Å². The molecule has 0 radical (unpaired) electrons. The van der Waals surface area contributed by atoms with Crippen LogP contribution in [0, 0.1) is 12.8 Å². The maximum absolute atomic E-state index is 12.4. The molecule has 1 aromatic heterocycles. The molecule has 1 aliphatic carbocycles. The maximum Gasteiger partial charge on any atom is 0.276 e. The third-order valence-corrected chi connectivity index (χ3v) is 3.77. The van der Waals surface area contributed by atoms with Gasteiger partial charge in [0.15, 0.2) is 5.69 Å². The summed E-state index contributed by atoms with van der Waals surface area (Å²) in [6, 6.07) is 1.95. The molecular weight excluding hydrogens is 230 g/mol. The highest BCUT2D eigenvalue weighted by Crippen LogP contribution is 2.30. The van der Waals surface area contributed by atoms with Gasteiger partial charge in [-0.25, -0.2) is 0 Å². The normalized spacial score (nSPS) is 23.3. The lowest BCUT2D eigenvalue weighted by atomic mass is 10.0. The second-order valence-corrected chi connectivity index (χ2v) is 4.91. The van der Waals surface area contributed by atoms with Gasteiger partial charge < -0.3 is 15.2 Å². The average molecular weight is 251 g/mol. The van der Waals surface area contributed by atoms with Crippen LogP contribution in [-0.4, -0.2) is 35.1 Å². The summed E-state index contributed by atoms with van der Waals surface area (Å²) in [6.07, 6.45) is 3.30.